The minimum Gasteiger partial charge on any atom is -0.325 e. The fourth-order valence-corrected chi connectivity index (χ4v) is 4.24. The molecule has 0 aliphatic carbocycles. The Labute approximate surface area is 230 Å². The summed E-state index contributed by atoms with van der Waals surface area (Å²) < 4.78 is 0. The van der Waals surface area contributed by atoms with Crippen molar-refractivity contribution in [2.45, 2.75) is 32.1 Å². The third-order valence-electron chi connectivity index (χ3n) is 6.21. The summed E-state index contributed by atoms with van der Waals surface area (Å²) in [5, 5.41) is 15.9. The summed E-state index contributed by atoms with van der Waals surface area (Å²) in [6.07, 6.45) is 5.14. The van der Waals surface area contributed by atoms with Gasteiger partial charge in [-0.15, -0.1) is 0 Å². The van der Waals surface area contributed by atoms with E-state index in [1.807, 2.05) is 12.1 Å². The van der Waals surface area contributed by atoms with Crippen LogP contribution in [-0.4, -0.2) is 56.8 Å². The third kappa shape index (κ3) is 8.05. The van der Waals surface area contributed by atoms with Gasteiger partial charge in [0.05, 0.1) is 11.0 Å². The number of hydrogen-bond acceptors (Lipinski definition) is 7. The topological polar surface area (TPSA) is 154 Å². The molecule has 11 heteroatoms. The lowest BCUT2D eigenvalue weighted by atomic mass is 10.1. The smallest absolute Gasteiger partial charge is 0.244 e. The van der Waals surface area contributed by atoms with Crippen LogP contribution in [0.15, 0.2) is 73.1 Å². The van der Waals surface area contributed by atoms with Gasteiger partial charge in [-0.05, 0) is 61.4 Å². The zero-order chi connectivity index (χ0) is 28.3. The van der Waals surface area contributed by atoms with Crippen LogP contribution in [0.2, 0.25) is 0 Å². The van der Waals surface area contributed by atoms with Crippen molar-refractivity contribution in [2.24, 2.45) is 0 Å². The summed E-state index contributed by atoms with van der Waals surface area (Å²) in [6, 6.07) is 18.0. The van der Waals surface area contributed by atoms with Crippen LogP contribution in [0.5, 0.6) is 0 Å². The van der Waals surface area contributed by atoms with Gasteiger partial charge in [0.15, 0.2) is 0 Å². The van der Waals surface area contributed by atoms with Gasteiger partial charge in [0, 0.05) is 47.4 Å². The summed E-state index contributed by atoms with van der Waals surface area (Å²) in [4.78, 5) is 59.8. The minimum atomic E-state index is -0.491. The lowest BCUT2D eigenvalue weighted by Gasteiger charge is -2.22. The first-order valence-electron chi connectivity index (χ1n) is 12.9. The molecule has 0 aliphatic rings. The SMILES string of the molecule is O=C(CCCCCC(=O)N(CC(=O)Nc1ccc2ncccc2c1)CC(=O)Nc1ccc2ncccc2c1)NO. The van der Waals surface area contributed by atoms with E-state index < -0.39 is 17.7 Å². The van der Waals surface area contributed by atoms with E-state index in [1.54, 1.807) is 66.4 Å². The molecule has 4 rings (SSSR count). The standard InChI is InChI=1S/C29H30N6O5/c36-26(34-40)8-2-1-3-9-29(39)35(18-27(37)32-22-10-12-24-20(16-22)6-4-14-30-24)19-28(38)33-23-11-13-25-21(17-23)7-5-15-31-25/h4-7,10-17,40H,1-3,8-9,18-19H2,(H,32,37)(H,33,38)(H,34,36). The van der Waals surface area contributed by atoms with Crippen LogP contribution in [0.4, 0.5) is 11.4 Å². The summed E-state index contributed by atoms with van der Waals surface area (Å²) >= 11 is 0. The van der Waals surface area contributed by atoms with Crippen molar-refractivity contribution in [2.75, 3.05) is 23.7 Å². The molecule has 0 spiro atoms. The van der Waals surface area contributed by atoms with Gasteiger partial charge in [0.25, 0.3) is 0 Å². The molecule has 0 saturated heterocycles. The Balaban J connectivity index is 1.39. The van der Waals surface area contributed by atoms with E-state index in [4.69, 9.17) is 5.21 Å². The van der Waals surface area contributed by atoms with Crippen LogP contribution in [0, 0.1) is 0 Å². The molecule has 0 unspecified atom stereocenters. The first-order chi connectivity index (χ1) is 19.4. The lowest BCUT2D eigenvalue weighted by Crippen LogP contribution is -2.42. The largest absolute Gasteiger partial charge is 0.325 e. The van der Waals surface area contributed by atoms with Crippen molar-refractivity contribution < 1.29 is 24.4 Å². The fourth-order valence-electron chi connectivity index (χ4n) is 4.24. The number of aromatic nitrogens is 2. The Hall–Kier alpha value is -4.90. The Bertz CT molecular complexity index is 1430. The summed E-state index contributed by atoms with van der Waals surface area (Å²) in [7, 11) is 0. The number of unbranched alkanes of at least 4 members (excludes halogenated alkanes) is 2. The Morgan fingerprint density at radius 3 is 1.73 bits per heavy atom. The zero-order valence-electron chi connectivity index (χ0n) is 21.8. The molecular weight excluding hydrogens is 512 g/mol. The molecule has 0 saturated carbocycles. The number of carbonyl (C=O) groups is 4. The molecule has 0 fully saturated rings. The number of pyridine rings is 2. The number of carbonyl (C=O) groups excluding carboxylic acids is 4. The molecule has 2 aromatic heterocycles. The minimum absolute atomic E-state index is 0.102. The van der Waals surface area contributed by atoms with Crippen LogP contribution < -0.4 is 16.1 Å². The third-order valence-corrected chi connectivity index (χ3v) is 6.21. The van der Waals surface area contributed by atoms with Crippen molar-refractivity contribution in [3.8, 4) is 0 Å². The molecule has 2 heterocycles. The number of benzene rings is 2. The van der Waals surface area contributed by atoms with Gasteiger partial charge < -0.3 is 15.5 Å². The van der Waals surface area contributed by atoms with Gasteiger partial charge in [0.2, 0.25) is 23.6 Å². The average molecular weight is 543 g/mol. The van der Waals surface area contributed by atoms with Gasteiger partial charge in [-0.2, -0.15) is 0 Å². The molecule has 4 amide bonds. The number of nitrogens with zero attached hydrogens (tertiary/aromatic N) is 3. The normalized spacial score (nSPS) is 10.7. The average Bonchev–Trinajstić information content (AvgIpc) is 2.96. The molecule has 206 valence electrons. The maximum absolute atomic E-state index is 13.1. The van der Waals surface area contributed by atoms with Crippen LogP contribution in [0.25, 0.3) is 21.8 Å². The molecule has 4 N–H and O–H groups in total. The zero-order valence-corrected chi connectivity index (χ0v) is 21.8. The van der Waals surface area contributed by atoms with E-state index in [9.17, 15) is 19.2 Å². The molecule has 2 aromatic carbocycles. The van der Waals surface area contributed by atoms with Crippen molar-refractivity contribution in [1.29, 1.82) is 0 Å². The van der Waals surface area contributed by atoms with E-state index >= 15 is 0 Å². The van der Waals surface area contributed by atoms with Crippen LogP contribution in [0.3, 0.4) is 0 Å². The van der Waals surface area contributed by atoms with Gasteiger partial charge in [0.1, 0.15) is 13.1 Å². The Kier molecular flexibility index (Phi) is 9.67. The second-order valence-electron chi connectivity index (χ2n) is 9.26. The Morgan fingerprint density at radius 1 is 0.675 bits per heavy atom. The van der Waals surface area contributed by atoms with Gasteiger partial charge in [-0.25, -0.2) is 5.48 Å². The van der Waals surface area contributed by atoms with Crippen molar-refractivity contribution >= 4 is 56.8 Å². The van der Waals surface area contributed by atoms with Gasteiger partial charge >= 0.3 is 0 Å². The molecule has 40 heavy (non-hydrogen) atoms. The van der Waals surface area contributed by atoms with Crippen molar-refractivity contribution in [3.05, 3.63) is 73.1 Å². The van der Waals surface area contributed by atoms with Gasteiger partial charge in [-0.1, -0.05) is 18.6 Å². The summed E-state index contributed by atoms with van der Waals surface area (Å²) in [6.45, 7) is -0.627. The second kappa shape index (κ2) is 13.8. The second-order valence-corrected chi connectivity index (χ2v) is 9.26. The van der Waals surface area contributed by atoms with Crippen LogP contribution in [0.1, 0.15) is 32.1 Å². The number of rotatable bonds is 12. The highest BCUT2D eigenvalue weighted by atomic mass is 16.5. The summed E-state index contributed by atoms with van der Waals surface area (Å²) in [5.41, 5.74) is 4.25. The quantitative estimate of drug-likeness (QED) is 0.121. The highest BCUT2D eigenvalue weighted by Crippen LogP contribution is 2.18. The number of anilines is 2. The molecule has 4 aromatic rings. The molecule has 0 radical (unpaired) electrons. The molecule has 11 nitrogen and oxygen atoms in total. The van der Waals surface area contributed by atoms with E-state index in [2.05, 4.69) is 20.6 Å². The fraction of sp³-hybridized carbons (Fsp3) is 0.241. The van der Waals surface area contributed by atoms with Crippen LogP contribution >= 0.6 is 0 Å². The van der Waals surface area contributed by atoms with E-state index in [0.29, 0.717) is 30.6 Å². The number of nitrogens with one attached hydrogen (secondary N) is 3. The summed E-state index contributed by atoms with van der Waals surface area (Å²) in [5.74, 6) is -1.74. The maximum atomic E-state index is 13.1. The number of fused-ring (bicyclic) bond motifs is 2. The number of hydroxylamine groups is 1. The highest BCUT2D eigenvalue weighted by molar-refractivity contribution is 5.99. The molecular formula is C29H30N6O5. The monoisotopic (exact) mass is 542 g/mol. The lowest BCUT2D eigenvalue weighted by molar-refractivity contribution is -0.137. The first kappa shape index (κ1) is 28.1. The molecule has 0 aliphatic heterocycles. The van der Waals surface area contributed by atoms with Crippen molar-refractivity contribution in [3.63, 3.8) is 0 Å². The maximum Gasteiger partial charge on any atom is 0.244 e. The van der Waals surface area contributed by atoms with Crippen LogP contribution in [-0.2, 0) is 19.2 Å². The number of amides is 4. The predicted octanol–water partition coefficient (Wildman–Crippen LogP) is 3.64. The number of hydrogen-bond donors (Lipinski definition) is 4. The van der Waals surface area contributed by atoms with Gasteiger partial charge in [-0.3, -0.25) is 34.4 Å². The first-order valence-corrected chi connectivity index (χ1v) is 12.9. The Morgan fingerprint density at radius 2 is 1.20 bits per heavy atom. The van der Waals surface area contributed by atoms with Crippen molar-refractivity contribution in [1.82, 2.24) is 20.3 Å². The van der Waals surface area contributed by atoms with E-state index in [1.165, 1.54) is 4.90 Å². The van der Waals surface area contributed by atoms with E-state index in [0.717, 1.165) is 21.8 Å². The van der Waals surface area contributed by atoms with E-state index in [-0.39, 0.29) is 31.8 Å². The molecule has 0 bridgehead atoms. The molecule has 0 atom stereocenters. The predicted molar refractivity (Wildman–Crippen MR) is 150 cm³/mol. The highest BCUT2D eigenvalue weighted by Gasteiger charge is 2.20.